The molecule has 0 fully saturated rings. The highest BCUT2D eigenvalue weighted by Gasteiger charge is 2.35. The van der Waals surface area contributed by atoms with E-state index in [1.165, 1.54) is 22.3 Å². The first-order valence-electron chi connectivity index (χ1n) is 11.9. The minimum absolute atomic E-state index is 0.0699. The predicted molar refractivity (Wildman–Crippen MR) is 143 cm³/mol. The second kappa shape index (κ2) is 8.17. The van der Waals surface area contributed by atoms with Crippen molar-refractivity contribution >= 4 is 11.6 Å². The van der Waals surface area contributed by atoms with Crippen LogP contribution in [0.2, 0.25) is 0 Å². The molecule has 35 heavy (non-hydrogen) atoms. The van der Waals surface area contributed by atoms with Crippen LogP contribution in [-0.2, 0) is 5.41 Å². The quantitative estimate of drug-likeness (QED) is 0.304. The molecule has 0 radical (unpaired) electrons. The van der Waals surface area contributed by atoms with E-state index in [1.54, 1.807) is 0 Å². The van der Waals surface area contributed by atoms with Crippen molar-refractivity contribution < 1.29 is 0 Å². The van der Waals surface area contributed by atoms with E-state index in [0.717, 1.165) is 22.4 Å². The van der Waals surface area contributed by atoms with E-state index in [4.69, 9.17) is 15.0 Å². The average Bonchev–Trinajstić information content (AvgIpc) is 3.11. The Hall–Kier alpha value is -4.31. The van der Waals surface area contributed by atoms with Crippen LogP contribution < -0.4 is 5.32 Å². The number of nitrogens with zero attached hydrogens (tertiary/aromatic N) is 3. The molecule has 1 aliphatic carbocycles. The van der Waals surface area contributed by atoms with Gasteiger partial charge in [0.15, 0.2) is 11.6 Å². The molecule has 0 atom stereocenters. The van der Waals surface area contributed by atoms with Crippen molar-refractivity contribution in [3.05, 3.63) is 114 Å². The van der Waals surface area contributed by atoms with Gasteiger partial charge in [0.05, 0.1) is 0 Å². The third kappa shape index (κ3) is 3.68. The van der Waals surface area contributed by atoms with Crippen molar-refractivity contribution in [2.45, 2.75) is 26.2 Å². The minimum Gasteiger partial charge on any atom is -0.324 e. The SMILES string of the molecule is Cc1cc2c(cc1Nc1nc(-c3ccccc3)nc(-c3ccccc3)n1)C(C)(C)c1ccccc1-2. The van der Waals surface area contributed by atoms with Gasteiger partial charge in [-0.2, -0.15) is 9.97 Å². The summed E-state index contributed by atoms with van der Waals surface area (Å²) in [6.45, 7) is 6.72. The van der Waals surface area contributed by atoms with E-state index >= 15 is 0 Å². The molecule has 0 bridgehead atoms. The van der Waals surface area contributed by atoms with Crippen LogP contribution in [0.1, 0.15) is 30.5 Å². The number of anilines is 2. The lowest BCUT2D eigenvalue weighted by Gasteiger charge is -2.22. The molecule has 4 heteroatoms. The molecule has 0 saturated heterocycles. The van der Waals surface area contributed by atoms with Crippen LogP contribution >= 0.6 is 0 Å². The maximum atomic E-state index is 4.80. The molecule has 4 nitrogen and oxygen atoms in total. The number of benzene rings is 4. The lowest BCUT2D eigenvalue weighted by molar-refractivity contribution is 0.660. The molecule has 170 valence electrons. The smallest absolute Gasteiger partial charge is 0.231 e. The summed E-state index contributed by atoms with van der Waals surface area (Å²) in [4.78, 5) is 14.4. The maximum Gasteiger partial charge on any atom is 0.231 e. The molecule has 1 heterocycles. The van der Waals surface area contributed by atoms with Crippen LogP contribution in [0.3, 0.4) is 0 Å². The van der Waals surface area contributed by atoms with Gasteiger partial charge in [0.2, 0.25) is 5.95 Å². The summed E-state index contributed by atoms with van der Waals surface area (Å²) >= 11 is 0. The Morgan fingerprint density at radius 2 is 1.17 bits per heavy atom. The number of fused-ring (bicyclic) bond motifs is 3. The van der Waals surface area contributed by atoms with Crippen molar-refractivity contribution in [2.75, 3.05) is 5.32 Å². The van der Waals surface area contributed by atoms with E-state index < -0.39 is 0 Å². The zero-order chi connectivity index (χ0) is 24.0. The van der Waals surface area contributed by atoms with E-state index in [-0.39, 0.29) is 5.41 Å². The molecule has 0 spiro atoms. The van der Waals surface area contributed by atoms with Crippen LogP contribution in [0, 0.1) is 6.92 Å². The lowest BCUT2D eigenvalue weighted by Crippen LogP contribution is -2.15. The zero-order valence-corrected chi connectivity index (χ0v) is 20.1. The average molecular weight is 455 g/mol. The van der Waals surface area contributed by atoms with Crippen molar-refractivity contribution in [1.29, 1.82) is 0 Å². The molecular formula is C31H26N4. The summed E-state index contributed by atoms with van der Waals surface area (Å²) in [5.74, 6) is 1.83. The van der Waals surface area contributed by atoms with Gasteiger partial charge >= 0.3 is 0 Å². The summed E-state index contributed by atoms with van der Waals surface area (Å²) in [5.41, 5.74) is 9.30. The zero-order valence-electron chi connectivity index (χ0n) is 20.1. The number of nitrogens with one attached hydrogen (secondary N) is 1. The van der Waals surface area contributed by atoms with Crippen LogP contribution in [0.4, 0.5) is 11.6 Å². The molecule has 0 aliphatic heterocycles. The summed E-state index contributed by atoms with van der Waals surface area (Å²) in [6.07, 6.45) is 0. The molecule has 1 N–H and O–H groups in total. The lowest BCUT2D eigenvalue weighted by atomic mass is 9.82. The molecular weight excluding hydrogens is 428 g/mol. The first kappa shape index (κ1) is 21.2. The van der Waals surface area contributed by atoms with Crippen LogP contribution in [-0.4, -0.2) is 15.0 Å². The second-order valence-corrected chi connectivity index (χ2v) is 9.55. The molecule has 4 aromatic carbocycles. The van der Waals surface area contributed by atoms with Gasteiger partial charge in [0, 0.05) is 22.2 Å². The Bertz CT molecular complexity index is 1480. The summed E-state index contributed by atoms with van der Waals surface area (Å²) in [5, 5.41) is 3.52. The number of hydrogen-bond acceptors (Lipinski definition) is 4. The third-order valence-corrected chi connectivity index (χ3v) is 6.87. The van der Waals surface area contributed by atoms with Gasteiger partial charge in [-0.15, -0.1) is 0 Å². The van der Waals surface area contributed by atoms with Crippen LogP contribution in [0.25, 0.3) is 33.9 Å². The normalized spacial score (nSPS) is 13.2. The highest BCUT2D eigenvalue weighted by Crippen LogP contribution is 2.50. The Labute approximate surface area is 205 Å². The molecule has 1 aromatic heterocycles. The Kier molecular flexibility index (Phi) is 4.96. The number of rotatable bonds is 4. The number of hydrogen-bond donors (Lipinski definition) is 1. The van der Waals surface area contributed by atoms with E-state index in [1.807, 2.05) is 60.7 Å². The van der Waals surface area contributed by atoms with Crippen LogP contribution in [0.5, 0.6) is 0 Å². The maximum absolute atomic E-state index is 4.80. The van der Waals surface area contributed by atoms with Gasteiger partial charge in [0.25, 0.3) is 0 Å². The highest BCUT2D eigenvalue weighted by atomic mass is 15.2. The van der Waals surface area contributed by atoms with Gasteiger partial charge in [-0.05, 0) is 46.9 Å². The molecule has 6 rings (SSSR count). The molecule has 0 unspecified atom stereocenters. The monoisotopic (exact) mass is 454 g/mol. The highest BCUT2D eigenvalue weighted by molar-refractivity contribution is 5.84. The van der Waals surface area contributed by atoms with E-state index in [9.17, 15) is 0 Å². The Balaban J connectivity index is 1.46. The van der Waals surface area contributed by atoms with Crippen molar-refractivity contribution in [3.63, 3.8) is 0 Å². The summed E-state index contributed by atoms with van der Waals surface area (Å²) in [6, 6.07) is 33.3. The standard InChI is InChI=1S/C31H26N4/c1-20-18-24-23-16-10-11-17-25(23)31(2,3)26(24)19-27(20)32-30-34-28(21-12-6-4-7-13-21)33-29(35-30)22-14-8-5-9-15-22/h4-19H,1-3H3,(H,32,33,34,35). The molecule has 0 saturated carbocycles. The van der Waals surface area contributed by atoms with Gasteiger partial charge in [-0.3, -0.25) is 0 Å². The van der Waals surface area contributed by atoms with Gasteiger partial charge < -0.3 is 5.32 Å². The molecule has 5 aromatic rings. The first-order chi connectivity index (χ1) is 17.0. The van der Waals surface area contributed by atoms with Gasteiger partial charge in [-0.1, -0.05) is 98.8 Å². The molecule has 1 aliphatic rings. The minimum atomic E-state index is -0.0699. The fourth-order valence-corrected chi connectivity index (χ4v) is 4.98. The number of aryl methyl sites for hydroxylation is 1. The fourth-order valence-electron chi connectivity index (χ4n) is 4.98. The topological polar surface area (TPSA) is 50.7 Å². The van der Waals surface area contributed by atoms with Crippen molar-refractivity contribution in [2.24, 2.45) is 0 Å². The second-order valence-electron chi connectivity index (χ2n) is 9.55. The van der Waals surface area contributed by atoms with Gasteiger partial charge in [-0.25, -0.2) is 4.98 Å². The van der Waals surface area contributed by atoms with E-state index in [0.29, 0.717) is 17.6 Å². The largest absolute Gasteiger partial charge is 0.324 e. The first-order valence-corrected chi connectivity index (χ1v) is 11.9. The van der Waals surface area contributed by atoms with Gasteiger partial charge in [0.1, 0.15) is 0 Å². The third-order valence-electron chi connectivity index (χ3n) is 6.87. The van der Waals surface area contributed by atoms with Crippen molar-refractivity contribution in [3.8, 4) is 33.9 Å². The predicted octanol–water partition coefficient (Wildman–Crippen LogP) is 7.56. The Morgan fingerprint density at radius 1 is 0.600 bits per heavy atom. The Morgan fingerprint density at radius 3 is 1.80 bits per heavy atom. The fraction of sp³-hybridized carbons (Fsp3) is 0.129. The summed E-state index contributed by atoms with van der Waals surface area (Å²) < 4.78 is 0. The van der Waals surface area contributed by atoms with E-state index in [2.05, 4.69) is 62.5 Å². The number of aromatic nitrogens is 3. The summed E-state index contributed by atoms with van der Waals surface area (Å²) in [7, 11) is 0. The molecule has 0 amide bonds. The van der Waals surface area contributed by atoms with Crippen LogP contribution in [0.15, 0.2) is 97.1 Å². The van der Waals surface area contributed by atoms with Crippen molar-refractivity contribution in [1.82, 2.24) is 15.0 Å².